The van der Waals surface area contributed by atoms with Crippen LogP contribution in [0.1, 0.15) is 67.8 Å². The minimum atomic E-state index is -0.701. The Morgan fingerprint density at radius 3 is 2.48 bits per heavy atom. The Kier molecular flexibility index (Phi) is 11.6. The molecule has 0 radical (unpaired) electrons. The average molecular weight is 372 g/mol. The van der Waals surface area contributed by atoms with E-state index in [1.54, 1.807) is 13.0 Å². The van der Waals surface area contributed by atoms with Gasteiger partial charge in [0.15, 0.2) is 0 Å². The molecule has 0 saturated heterocycles. The van der Waals surface area contributed by atoms with Crippen LogP contribution < -0.4 is 5.32 Å². The van der Waals surface area contributed by atoms with Gasteiger partial charge in [0.25, 0.3) is 5.91 Å². The number of esters is 1. The van der Waals surface area contributed by atoms with Crippen LogP contribution in [0.25, 0.3) is 0 Å². The van der Waals surface area contributed by atoms with E-state index in [-0.39, 0.29) is 12.5 Å². The number of rotatable bonds is 14. The van der Waals surface area contributed by atoms with Crippen LogP contribution in [0.15, 0.2) is 49.6 Å². The van der Waals surface area contributed by atoms with Crippen LogP contribution in [-0.4, -0.2) is 24.5 Å². The fourth-order valence-corrected chi connectivity index (χ4v) is 2.95. The summed E-state index contributed by atoms with van der Waals surface area (Å²) in [5.74, 6) is -0.667. The Hall–Kier alpha value is -2.36. The monoisotopic (exact) mass is 371 g/mol. The molecule has 4 heteroatoms. The van der Waals surface area contributed by atoms with Gasteiger partial charge in [-0.25, -0.2) is 4.79 Å². The summed E-state index contributed by atoms with van der Waals surface area (Å²) in [6.07, 6.45) is 11.7. The SMILES string of the molecule is C=CCCCCCCCc1ccccc1C(=O)N[C@@H](CC=C)C(=O)OCC. The quantitative estimate of drug-likeness (QED) is 0.285. The highest BCUT2D eigenvalue weighted by atomic mass is 16.5. The minimum absolute atomic E-state index is 0.239. The highest BCUT2D eigenvalue weighted by Gasteiger charge is 2.22. The first-order valence-corrected chi connectivity index (χ1v) is 9.91. The van der Waals surface area contributed by atoms with Gasteiger partial charge in [-0.3, -0.25) is 4.79 Å². The van der Waals surface area contributed by atoms with Gasteiger partial charge in [-0.05, 0) is 50.7 Å². The Morgan fingerprint density at radius 2 is 1.78 bits per heavy atom. The fraction of sp³-hybridized carbons (Fsp3) is 0.478. The van der Waals surface area contributed by atoms with Crippen LogP contribution in [0.4, 0.5) is 0 Å². The molecule has 0 saturated carbocycles. The topological polar surface area (TPSA) is 55.4 Å². The number of hydrogen-bond donors (Lipinski definition) is 1. The van der Waals surface area contributed by atoms with Crippen molar-refractivity contribution >= 4 is 11.9 Å². The number of nitrogens with one attached hydrogen (secondary N) is 1. The standard InChI is InChI=1S/C23H33NO3/c1-4-7-8-9-10-11-12-16-19-17-13-14-18-20(19)22(25)24-21(15-5-2)23(26)27-6-3/h4-5,13-14,17-18,21H,1-2,6-12,15-16H2,3H3,(H,24,25)/t21-/m0/s1. The van der Waals surface area contributed by atoms with Crippen LogP contribution in [0.3, 0.4) is 0 Å². The molecule has 0 heterocycles. The van der Waals surface area contributed by atoms with E-state index in [0.29, 0.717) is 12.0 Å². The number of hydrogen-bond acceptors (Lipinski definition) is 3. The molecule has 4 nitrogen and oxygen atoms in total. The van der Waals surface area contributed by atoms with Gasteiger partial charge in [0.05, 0.1) is 6.61 Å². The summed E-state index contributed by atoms with van der Waals surface area (Å²) in [5.41, 5.74) is 1.64. The summed E-state index contributed by atoms with van der Waals surface area (Å²) in [5, 5.41) is 2.79. The van der Waals surface area contributed by atoms with E-state index in [2.05, 4.69) is 18.5 Å². The van der Waals surface area contributed by atoms with Crippen LogP contribution in [0, 0.1) is 0 Å². The number of aryl methyl sites for hydroxylation is 1. The van der Waals surface area contributed by atoms with Gasteiger partial charge >= 0.3 is 5.97 Å². The van der Waals surface area contributed by atoms with Gasteiger partial charge in [0.2, 0.25) is 0 Å². The third-order valence-electron chi connectivity index (χ3n) is 4.40. The van der Waals surface area contributed by atoms with Crippen molar-refractivity contribution in [1.29, 1.82) is 0 Å². The van der Waals surface area contributed by atoms with E-state index in [1.807, 2.05) is 30.3 Å². The third-order valence-corrected chi connectivity index (χ3v) is 4.40. The second-order valence-electron chi connectivity index (χ2n) is 6.55. The van der Waals surface area contributed by atoms with Crippen molar-refractivity contribution in [2.75, 3.05) is 6.61 Å². The van der Waals surface area contributed by atoms with E-state index >= 15 is 0 Å². The highest BCUT2D eigenvalue weighted by molar-refractivity contribution is 5.98. The lowest BCUT2D eigenvalue weighted by molar-refractivity contribution is -0.145. The number of benzene rings is 1. The molecule has 0 aliphatic rings. The number of carbonyl (C=O) groups is 2. The van der Waals surface area contributed by atoms with Gasteiger partial charge in [-0.1, -0.05) is 49.6 Å². The molecule has 0 aliphatic carbocycles. The number of ether oxygens (including phenoxy) is 1. The zero-order chi connectivity index (χ0) is 19.9. The third kappa shape index (κ3) is 8.72. The smallest absolute Gasteiger partial charge is 0.328 e. The molecule has 0 unspecified atom stereocenters. The maximum absolute atomic E-state index is 12.7. The second-order valence-corrected chi connectivity index (χ2v) is 6.55. The van der Waals surface area contributed by atoms with Gasteiger partial charge < -0.3 is 10.1 Å². The van der Waals surface area contributed by atoms with Crippen molar-refractivity contribution in [2.24, 2.45) is 0 Å². The fourth-order valence-electron chi connectivity index (χ4n) is 2.95. The van der Waals surface area contributed by atoms with Gasteiger partial charge in [-0.2, -0.15) is 0 Å². The first-order valence-electron chi connectivity index (χ1n) is 9.91. The van der Waals surface area contributed by atoms with Crippen LogP contribution in [0.5, 0.6) is 0 Å². The molecule has 1 N–H and O–H groups in total. The molecule has 0 aromatic heterocycles. The van der Waals surface area contributed by atoms with Gasteiger partial charge in [0, 0.05) is 5.56 Å². The largest absolute Gasteiger partial charge is 0.464 e. The normalized spacial score (nSPS) is 11.4. The molecule has 1 rings (SSSR count). The predicted molar refractivity (Wildman–Crippen MR) is 111 cm³/mol. The van der Waals surface area contributed by atoms with Crippen LogP contribution in [-0.2, 0) is 16.0 Å². The summed E-state index contributed by atoms with van der Waals surface area (Å²) < 4.78 is 5.04. The number of allylic oxidation sites excluding steroid dienone is 1. The summed E-state index contributed by atoms with van der Waals surface area (Å²) in [6, 6.07) is 6.89. The molecule has 0 aliphatic heterocycles. The number of unbranched alkanes of at least 4 members (excludes halogenated alkanes) is 5. The molecule has 1 aromatic carbocycles. The van der Waals surface area contributed by atoms with Crippen molar-refractivity contribution in [3.63, 3.8) is 0 Å². The van der Waals surface area contributed by atoms with Crippen molar-refractivity contribution in [1.82, 2.24) is 5.32 Å². The second kappa shape index (κ2) is 13.8. The predicted octanol–water partition coefficient (Wildman–Crippen LogP) is 4.99. The first-order chi connectivity index (χ1) is 13.1. The maximum atomic E-state index is 12.7. The molecular formula is C23H33NO3. The van der Waals surface area contributed by atoms with Crippen molar-refractivity contribution in [3.05, 3.63) is 60.7 Å². The summed E-state index contributed by atoms with van der Waals surface area (Å²) in [4.78, 5) is 24.7. The summed E-state index contributed by atoms with van der Waals surface area (Å²) in [7, 11) is 0. The van der Waals surface area contributed by atoms with Crippen molar-refractivity contribution < 1.29 is 14.3 Å². The number of amides is 1. The Bertz CT molecular complexity index is 609. The molecule has 0 fully saturated rings. The zero-order valence-corrected chi connectivity index (χ0v) is 16.5. The van der Waals surface area contributed by atoms with Gasteiger partial charge in [0.1, 0.15) is 6.04 Å². The van der Waals surface area contributed by atoms with E-state index in [4.69, 9.17) is 4.74 Å². The maximum Gasteiger partial charge on any atom is 0.328 e. The van der Waals surface area contributed by atoms with Crippen LogP contribution in [0.2, 0.25) is 0 Å². The van der Waals surface area contributed by atoms with Crippen molar-refractivity contribution in [3.8, 4) is 0 Å². The van der Waals surface area contributed by atoms with Crippen molar-refractivity contribution in [2.45, 2.75) is 64.3 Å². The number of carbonyl (C=O) groups excluding carboxylic acids is 2. The Morgan fingerprint density at radius 1 is 1.07 bits per heavy atom. The Labute approximate surface area is 163 Å². The first kappa shape index (κ1) is 22.7. The van der Waals surface area contributed by atoms with Crippen LogP contribution >= 0.6 is 0 Å². The lowest BCUT2D eigenvalue weighted by Gasteiger charge is -2.17. The van der Waals surface area contributed by atoms with E-state index in [1.165, 1.54) is 19.3 Å². The zero-order valence-electron chi connectivity index (χ0n) is 16.5. The Balaban J connectivity index is 2.62. The molecule has 0 spiro atoms. The molecule has 27 heavy (non-hydrogen) atoms. The molecule has 148 valence electrons. The lowest BCUT2D eigenvalue weighted by Crippen LogP contribution is -2.41. The summed E-state index contributed by atoms with van der Waals surface area (Å²) in [6.45, 7) is 9.42. The van der Waals surface area contributed by atoms with E-state index in [9.17, 15) is 9.59 Å². The molecule has 1 atom stereocenters. The van der Waals surface area contributed by atoms with E-state index < -0.39 is 12.0 Å². The molecule has 0 bridgehead atoms. The molecular weight excluding hydrogens is 338 g/mol. The van der Waals surface area contributed by atoms with E-state index in [0.717, 1.165) is 31.2 Å². The lowest BCUT2D eigenvalue weighted by atomic mass is 9.99. The van der Waals surface area contributed by atoms with Gasteiger partial charge in [-0.15, -0.1) is 13.2 Å². The molecule has 1 aromatic rings. The molecule has 1 amide bonds. The minimum Gasteiger partial charge on any atom is -0.464 e. The highest BCUT2D eigenvalue weighted by Crippen LogP contribution is 2.15. The average Bonchev–Trinajstić information content (AvgIpc) is 2.67. The summed E-state index contributed by atoms with van der Waals surface area (Å²) >= 11 is 0.